The van der Waals surface area contributed by atoms with E-state index in [0.29, 0.717) is 48.9 Å². The van der Waals surface area contributed by atoms with Crippen molar-refractivity contribution in [2.45, 2.75) is 0 Å². The van der Waals surface area contributed by atoms with Crippen LogP contribution >= 0.6 is 0 Å². The predicted octanol–water partition coefficient (Wildman–Crippen LogP) is 3.37. The van der Waals surface area contributed by atoms with Crippen LogP contribution in [0, 0.1) is 0 Å². The van der Waals surface area contributed by atoms with Crippen molar-refractivity contribution in [2.24, 2.45) is 0 Å². The van der Waals surface area contributed by atoms with Crippen molar-refractivity contribution in [3.05, 3.63) is 78.0 Å². The molecule has 7 heteroatoms. The highest BCUT2D eigenvalue weighted by Crippen LogP contribution is 2.33. The Labute approximate surface area is 198 Å². The zero-order chi connectivity index (χ0) is 23.5. The van der Waals surface area contributed by atoms with E-state index in [1.807, 2.05) is 54.6 Å². The molecule has 1 saturated heterocycles. The van der Waals surface area contributed by atoms with E-state index < -0.39 is 0 Å². The van der Waals surface area contributed by atoms with Gasteiger partial charge in [-0.1, -0.05) is 48.5 Å². The molecule has 0 radical (unpaired) electrons. The van der Waals surface area contributed by atoms with Crippen molar-refractivity contribution in [3.63, 3.8) is 0 Å². The summed E-state index contributed by atoms with van der Waals surface area (Å²) in [4.78, 5) is 30.7. The first-order chi connectivity index (χ1) is 16.7. The van der Waals surface area contributed by atoms with Gasteiger partial charge in [0.2, 0.25) is 0 Å². The molecule has 2 aliphatic rings. The Bertz CT molecular complexity index is 1240. The van der Waals surface area contributed by atoms with Crippen LogP contribution in [0.15, 0.2) is 72.4 Å². The lowest BCUT2D eigenvalue weighted by molar-refractivity contribution is -0.137. The fraction of sp³-hybridized carbons (Fsp3) is 0.259. The molecule has 0 saturated carbocycles. The van der Waals surface area contributed by atoms with Crippen LogP contribution in [0.5, 0.6) is 5.75 Å². The van der Waals surface area contributed by atoms with Crippen LogP contribution in [0.25, 0.3) is 16.3 Å². The van der Waals surface area contributed by atoms with Crippen LogP contribution in [0.1, 0.15) is 5.56 Å². The number of anilines is 1. The largest absolute Gasteiger partial charge is 0.497 e. The molecule has 1 fully saturated rings. The van der Waals surface area contributed by atoms with Crippen molar-refractivity contribution in [1.29, 1.82) is 0 Å². The zero-order valence-corrected chi connectivity index (χ0v) is 19.1. The number of hydrogen-bond acceptors (Lipinski definition) is 6. The Balaban J connectivity index is 1.49. The number of carbonyl (C=O) groups excluding carboxylic acids is 2. The summed E-state index contributed by atoms with van der Waals surface area (Å²) in [6.45, 7) is 3.90. The summed E-state index contributed by atoms with van der Waals surface area (Å²) in [5, 5.41) is 5.35. The summed E-state index contributed by atoms with van der Waals surface area (Å²) in [6, 6.07) is 21.1. The van der Waals surface area contributed by atoms with Crippen molar-refractivity contribution >= 4 is 33.8 Å². The van der Waals surface area contributed by atoms with E-state index in [4.69, 9.17) is 9.47 Å². The van der Waals surface area contributed by atoms with E-state index >= 15 is 0 Å². The molecule has 0 aromatic heterocycles. The maximum absolute atomic E-state index is 13.6. The second kappa shape index (κ2) is 9.67. The third-order valence-electron chi connectivity index (χ3n) is 6.34. The van der Waals surface area contributed by atoms with E-state index in [-0.39, 0.29) is 11.8 Å². The molecule has 0 spiro atoms. The van der Waals surface area contributed by atoms with Crippen molar-refractivity contribution in [1.82, 2.24) is 9.80 Å². The first-order valence-corrected chi connectivity index (χ1v) is 11.5. The van der Waals surface area contributed by atoms with Gasteiger partial charge in [0.05, 0.1) is 25.9 Å². The van der Waals surface area contributed by atoms with Crippen molar-refractivity contribution in [2.75, 3.05) is 51.8 Å². The number of nitrogens with zero attached hydrogens (tertiary/aromatic N) is 2. The third kappa shape index (κ3) is 4.27. The van der Waals surface area contributed by atoms with Crippen LogP contribution in [0.3, 0.4) is 0 Å². The Hall–Kier alpha value is -3.68. The molecule has 2 amide bonds. The van der Waals surface area contributed by atoms with Crippen molar-refractivity contribution in [3.8, 4) is 5.75 Å². The highest BCUT2D eigenvalue weighted by atomic mass is 16.5. The van der Waals surface area contributed by atoms with E-state index in [0.717, 1.165) is 29.5 Å². The van der Waals surface area contributed by atoms with Crippen LogP contribution in [-0.4, -0.2) is 68.1 Å². The number of carbonyl (C=O) groups is 2. The molecule has 0 atom stereocenters. The zero-order valence-electron chi connectivity index (χ0n) is 19.1. The monoisotopic (exact) mass is 457 g/mol. The normalized spacial score (nSPS) is 17.0. The first-order valence-electron chi connectivity index (χ1n) is 11.5. The van der Waals surface area contributed by atoms with Crippen molar-refractivity contribution < 1.29 is 19.1 Å². The summed E-state index contributed by atoms with van der Waals surface area (Å²) in [6.07, 6.45) is 0. The van der Waals surface area contributed by atoms with Gasteiger partial charge in [-0.3, -0.25) is 19.4 Å². The van der Waals surface area contributed by atoms with E-state index in [1.54, 1.807) is 19.2 Å². The predicted molar refractivity (Wildman–Crippen MR) is 131 cm³/mol. The van der Waals surface area contributed by atoms with E-state index in [9.17, 15) is 9.59 Å². The number of fused-ring (bicyclic) bond motifs is 1. The Kier molecular flexibility index (Phi) is 6.29. The van der Waals surface area contributed by atoms with Crippen LogP contribution in [-0.2, 0) is 14.3 Å². The standard InChI is InChI=1S/C27H27N3O4/c1-33-21-11-9-20(10-12-21)24-25(28-23-8-4-6-19-5-2-3-7-22(19)23)27(32)30(26(24)31)14-13-29-15-17-34-18-16-29/h2-12,28H,13-18H2,1H3. The molecule has 34 heavy (non-hydrogen) atoms. The first kappa shape index (κ1) is 22.1. The molecule has 2 heterocycles. The van der Waals surface area contributed by atoms with Gasteiger partial charge in [0, 0.05) is 37.3 Å². The summed E-state index contributed by atoms with van der Waals surface area (Å²) in [5.41, 5.74) is 2.14. The number of ether oxygens (including phenoxy) is 2. The number of imide groups is 1. The minimum atomic E-state index is -0.308. The second-order valence-electron chi connectivity index (χ2n) is 8.35. The fourth-order valence-corrected chi connectivity index (χ4v) is 4.46. The molecule has 7 nitrogen and oxygen atoms in total. The molecule has 2 aliphatic heterocycles. The van der Waals surface area contributed by atoms with Gasteiger partial charge < -0.3 is 14.8 Å². The minimum absolute atomic E-state index is 0.286. The molecular formula is C27H27N3O4. The number of rotatable bonds is 7. The smallest absolute Gasteiger partial charge is 0.278 e. The molecule has 3 aromatic rings. The van der Waals surface area contributed by atoms with Crippen LogP contribution in [0.4, 0.5) is 5.69 Å². The van der Waals surface area contributed by atoms with Gasteiger partial charge in [0.15, 0.2) is 0 Å². The number of nitrogens with one attached hydrogen (secondary N) is 1. The van der Waals surface area contributed by atoms with Gasteiger partial charge in [-0.05, 0) is 29.1 Å². The van der Waals surface area contributed by atoms with Gasteiger partial charge in [-0.25, -0.2) is 0 Å². The highest BCUT2D eigenvalue weighted by molar-refractivity contribution is 6.36. The van der Waals surface area contributed by atoms with Gasteiger partial charge >= 0.3 is 0 Å². The van der Waals surface area contributed by atoms with Crippen LogP contribution in [0.2, 0.25) is 0 Å². The number of methoxy groups -OCH3 is 1. The number of morpholine rings is 1. The molecule has 174 valence electrons. The molecule has 0 unspecified atom stereocenters. The van der Waals surface area contributed by atoms with Gasteiger partial charge in [-0.15, -0.1) is 0 Å². The number of benzene rings is 3. The van der Waals surface area contributed by atoms with E-state index in [2.05, 4.69) is 10.2 Å². The molecular weight excluding hydrogens is 430 g/mol. The summed E-state index contributed by atoms with van der Waals surface area (Å²) < 4.78 is 10.7. The average Bonchev–Trinajstić information content (AvgIpc) is 3.12. The lowest BCUT2D eigenvalue weighted by Gasteiger charge is -2.28. The van der Waals surface area contributed by atoms with Gasteiger partial charge in [-0.2, -0.15) is 0 Å². The minimum Gasteiger partial charge on any atom is -0.497 e. The SMILES string of the molecule is COc1ccc(C2=C(Nc3cccc4ccccc34)C(=O)N(CCN3CCOCC3)C2=O)cc1. The third-order valence-corrected chi connectivity index (χ3v) is 6.34. The average molecular weight is 458 g/mol. The molecule has 1 N–H and O–H groups in total. The number of hydrogen-bond donors (Lipinski definition) is 1. The topological polar surface area (TPSA) is 71.1 Å². The quantitative estimate of drug-likeness (QED) is 0.549. The Morgan fingerprint density at radius 2 is 1.62 bits per heavy atom. The molecule has 5 rings (SSSR count). The lowest BCUT2D eigenvalue weighted by Crippen LogP contribution is -2.43. The van der Waals surface area contributed by atoms with E-state index in [1.165, 1.54) is 4.90 Å². The lowest BCUT2D eigenvalue weighted by atomic mass is 10.0. The summed E-state index contributed by atoms with van der Waals surface area (Å²) >= 11 is 0. The Morgan fingerprint density at radius 1 is 0.882 bits per heavy atom. The summed E-state index contributed by atoms with van der Waals surface area (Å²) in [7, 11) is 1.60. The Morgan fingerprint density at radius 3 is 2.38 bits per heavy atom. The molecule has 3 aromatic carbocycles. The van der Waals surface area contributed by atoms with Crippen LogP contribution < -0.4 is 10.1 Å². The second-order valence-corrected chi connectivity index (χ2v) is 8.35. The molecule has 0 aliphatic carbocycles. The highest BCUT2D eigenvalue weighted by Gasteiger charge is 2.39. The van der Waals surface area contributed by atoms with Gasteiger partial charge in [0.1, 0.15) is 11.4 Å². The maximum atomic E-state index is 13.6. The fourth-order valence-electron chi connectivity index (χ4n) is 4.46. The summed E-state index contributed by atoms with van der Waals surface area (Å²) in [5.74, 6) is 0.0945. The maximum Gasteiger partial charge on any atom is 0.278 e. The van der Waals surface area contributed by atoms with Gasteiger partial charge in [0.25, 0.3) is 11.8 Å². The number of amides is 2. The molecule has 0 bridgehead atoms.